The van der Waals surface area contributed by atoms with Gasteiger partial charge in [0.25, 0.3) is 40.5 Å². The highest BCUT2D eigenvalue weighted by Crippen LogP contribution is 2.53. The van der Waals surface area contributed by atoms with Crippen LogP contribution >= 0.6 is 0 Å². The molecule has 18 nitrogen and oxygen atoms in total. The van der Waals surface area contributed by atoms with Gasteiger partial charge in [-0.3, -0.25) is 27.8 Å². The number of anilines is 1. The molecule has 1 unspecified atom stereocenters. The number of carboxylic acid groups (broad SMARTS) is 1. The van der Waals surface area contributed by atoms with E-state index in [-0.39, 0.29) is 67.7 Å². The number of aliphatic hydroxyl groups excluding tert-OH is 1. The summed E-state index contributed by atoms with van der Waals surface area (Å²) < 4.78 is 135. The summed E-state index contributed by atoms with van der Waals surface area (Å²) in [6.07, 6.45) is 4.84. The summed E-state index contributed by atoms with van der Waals surface area (Å²) in [7, 11) is -17.9. The van der Waals surface area contributed by atoms with Gasteiger partial charge in [0.15, 0.2) is 5.71 Å². The number of nitrogens with zero attached hydrogens (tertiary/aromatic N) is 2. The minimum atomic E-state index is -4.69. The van der Waals surface area contributed by atoms with Crippen molar-refractivity contribution < 1.29 is 76.3 Å². The van der Waals surface area contributed by atoms with Crippen molar-refractivity contribution in [1.82, 2.24) is 0 Å². The average Bonchev–Trinajstić information content (AvgIpc) is 3.49. The summed E-state index contributed by atoms with van der Waals surface area (Å²) in [6, 6.07) is 7.88. The van der Waals surface area contributed by atoms with Crippen LogP contribution in [0.25, 0.3) is 0 Å². The van der Waals surface area contributed by atoms with E-state index in [1.54, 1.807) is 30.2 Å². The third-order valence-electron chi connectivity index (χ3n) is 11.4. The van der Waals surface area contributed by atoms with E-state index in [1.807, 2.05) is 0 Å². The molecule has 0 spiro atoms. The molecule has 0 bridgehead atoms. The molecular formula is C39H49N2O16S4+. The fourth-order valence-corrected chi connectivity index (χ4v) is 10.4. The van der Waals surface area contributed by atoms with Crippen molar-refractivity contribution >= 4 is 69.3 Å². The number of hydrogen-bond donors (Lipinski definition) is 6. The number of ketones is 1. The van der Waals surface area contributed by atoms with Crippen LogP contribution in [0, 0.1) is 0 Å². The van der Waals surface area contributed by atoms with Gasteiger partial charge in [0.1, 0.15) is 12.3 Å². The minimum absolute atomic E-state index is 0.0293. The first kappa shape index (κ1) is 47.8. The fraction of sp³-hybridized carbons (Fsp3) is 0.462. The zero-order chi connectivity index (χ0) is 45.5. The number of unbranched alkanes of at least 4 members (excludes halogenated alkanes) is 4. The number of benzene rings is 2. The Hall–Kier alpha value is -4.29. The molecule has 61 heavy (non-hydrogen) atoms. The second-order valence-corrected chi connectivity index (χ2v) is 22.1. The third-order valence-corrected chi connectivity index (χ3v) is 14.7. The number of carbonyl (C=O) groups is 2. The lowest BCUT2D eigenvalue weighted by molar-refractivity contribution is -0.438. The first-order chi connectivity index (χ1) is 28.1. The Morgan fingerprint density at radius 3 is 1.87 bits per heavy atom. The van der Waals surface area contributed by atoms with Crippen LogP contribution < -0.4 is 4.90 Å². The molecule has 0 radical (unpaired) electrons. The maximum Gasteiger partial charge on any atom is 0.303 e. The molecule has 2 aliphatic heterocycles. The van der Waals surface area contributed by atoms with E-state index >= 15 is 0 Å². The zero-order valence-corrected chi connectivity index (χ0v) is 36.9. The summed E-state index contributed by atoms with van der Waals surface area (Å²) in [4.78, 5) is 26.3. The molecule has 0 aromatic heterocycles. The molecule has 0 saturated heterocycles. The number of aliphatic carboxylic acids is 1. The number of aliphatic hydroxyl groups is 1. The maximum atomic E-state index is 14.2. The number of fused-ring (bicyclic) bond motifs is 2. The Bertz CT molecular complexity index is 2730. The molecule has 6 N–H and O–H groups in total. The molecule has 2 heterocycles. The molecule has 2 aromatic carbocycles. The Balaban J connectivity index is 1.63. The van der Waals surface area contributed by atoms with Crippen LogP contribution in [0.4, 0.5) is 11.4 Å². The molecule has 0 saturated carbocycles. The smallest absolute Gasteiger partial charge is 0.303 e. The Morgan fingerprint density at radius 2 is 1.31 bits per heavy atom. The van der Waals surface area contributed by atoms with Crippen LogP contribution in [0.1, 0.15) is 89.7 Å². The van der Waals surface area contributed by atoms with Crippen LogP contribution in [0.5, 0.6) is 0 Å². The van der Waals surface area contributed by atoms with Gasteiger partial charge in [-0.05, 0) is 94.8 Å². The average molecular weight is 930 g/mol. The van der Waals surface area contributed by atoms with E-state index in [9.17, 15) is 66.6 Å². The molecule has 22 heteroatoms. The molecule has 0 fully saturated rings. The quantitative estimate of drug-likeness (QED) is 0.0445. The lowest BCUT2D eigenvalue weighted by atomic mass is 9.75. The molecular weight excluding hydrogens is 881 g/mol. The normalized spacial score (nSPS) is 20.4. The van der Waals surface area contributed by atoms with E-state index in [1.165, 1.54) is 48.6 Å². The zero-order valence-electron chi connectivity index (χ0n) is 33.6. The lowest BCUT2D eigenvalue weighted by Gasteiger charge is -2.32. The Morgan fingerprint density at radius 1 is 0.738 bits per heavy atom. The molecule has 0 amide bonds. The molecule has 5 rings (SSSR count). The first-order valence-electron chi connectivity index (χ1n) is 19.3. The summed E-state index contributed by atoms with van der Waals surface area (Å²) in [5.74, 6) is -3.07. The molecule has 1 aliphatic carbocycles. The SMILES string of the molecule is CC1(C)C(/C=C2/C(=O)C(/C=C3\N(CCCCS(=O)(=O)O)c4ccc(S(=O)(=O)O)cc4C3(C)CCCCCC(=O)O)=C2O)=[N+](CCCCS(=O)(=O)O)c2ccc(S(=O)(=O)O)cc21. The topological polar surface area (TPSA) is 298 Å². The highest BCUT2D eigenvalue weighted by atomic mass is 32.2. The largest absolute Gasteiger partial charge is 0.506 e. The van der Waals surface area contributed by atoms with Crippen LogP contribution in [-0.4, -0.2) is 109 Å². The molecule has 3 aliphatic rings. The van der Waals surface area contributed by atoms with Gasteiger partial charge in [-0.15, -0.1) is 0 Å². The monoisotopic (exact) mass is 929 g/mol. The van der Waals surface area contributed by atoms with E-state index < -0.39 is 85.2 Å². The van der Waals surface area contributed by atoms with Crippen LogP contribution in [-0.2, 0) is 60.9 Å². The van der Waals surface area contributed by atoms with Gasteiger partial charge in [0, 0.05) is 53.9 Å². The number of allylic oxidation sites excluding steroid dienone is 5. The second kappa shape index (κ2) is 17.5. The number of carbonyl (C=O) groups excluding carboxylic acids is 1. The van der Waals surface area contributed by atoms with Crippen LogP contribution in [0.15, 0.2) is 80.9 Å². The van der Waals surface area contributed by atoms with E-state index in [4.69, 9.17) is 5.11 Å². The van der Waals surface area contributed by atoms with Crippen molar-refractivity contribution in [1.29, 1.82) is 0 Å². The van der Waals surface area contributed by atoms with Gasteiger partial charge in [0.05, 0.1) is 37.9 Å². The Labute approximate surface area is 355 Å². The minimum Gasteiger partial charge on any atom is -0.506 e. The predicted octanol–water partition coefficient (Wildman–Crippen LogP) is 4.91. The van der Waals surface area contributed by atoms with Gasteiger partial charge in [-0.2, -0.15) is 38.2 Å². The van der Waals surface area contributed by atoms with E-state index in [2.05, 4.69) is 0 Å². The number of rotatable bonds is 20. The van der Waals surface area contributed by atoms with Crippen molar-refractivity contribution in [2.75, 3.05) is 29.5 Å². The number of Topliss-reactive ketones (excluding diaryl/α,β-unsaturated/α-hetero) is 1. The summed E-state index contributed by atoms with van der Waals surface area (Å²) >= 11 is 0. The predicted molar refractivity (Wildman–Crippen MR) is 223 cm³/mol. The molecule has 334 valence electrons. The van der Waals surface area contributed by atoms with Crippen molar-refractivity contribution in [3.63, 3.8) is 0 Å². The van der Waals surface area contributed by atoms with Crippen molar-refractivity contribution in [2.24, 2.45) is 0 Å². The Kier molecular flexibility index (Phi) is 13.7. The van der Waals surface area contributed by atoms with Crippen molar-refractivity contribution in [2.45, 2.75) is 99.2 Å². The fourth-order valence-electron chi connectivity index (χ4n) is 8.20. The highest BCUT2D eigenvalue weighted by molar-refractivity contribution is 7.86. The lowest BCUT2D eigenvalue weighted by Crippen LogP contribution is -2.33. The summed E-state index contributed by atoms with van der Waals surface area (Å²) in [6.45, 7) is 5.49. The summed E-state index contributed by atoms with van der Waals surface area (Å²) in [5.41, 5.74) is 0.250. The van der Waals surface area contributed by atoms with Crippen LogP contribution in [0.3, 0.4) is 0 Å². The maximum absolute atomic E-state index is 14.2. The number of carboxylic acids is 1. The van der Waals surface area contributed by atoms with Gasteiger partial charge >= 0.3 is 5.97 Å². The second-order valence-electron chi connectivity index (χ2n) is 16.1. The van der Waals surface area contributed by atoms with Gasteiger partial charge in [-0.1, -0.05) is 12.8 Å². The highest BCUT2D eigenvalue weighted by Gasteiger charge is 2.48. The van der Waals surface area contributed by atoms with E-state index in [0.717, 1.165) is 0 Å². The van der Waals surface area contributed by atoms with E-state index in [0.29, 0.717) is 53.2 Å². The van der Waals surface area contributed by atoms with Crippen LogP contribution in [0.2, 0.25) is 0 Å². The van der Waals surface area contributed by atoms with Crippen molar-refractivity contribution in [3.8, 4) is 0 Å². The molecule has 2 aromatic rings. The third kappa shape index (κ3) is 10.7. The first-order valence-corrected chi connectivity index (χ1v) is 25.4. The molecule has 1 atom stereocenters. The standard InChI is InChI=1S/C39H48N2O16S4/c1-38(2)29-21-25(60(52,53)54)12-14-31(29)40(17-7-9-19-58(46,47)48)33(38)23-27-36(44)28(37(27)45)24-34-39(3,16-6-4-5-11-35(42)43)30-22-26(61(55,56)57)13-15-32(30)41(34)18-8-10-20-59(49,50)51/h12-15,21-24H,4-11,16-20H2,1-3H3,(H5-,42,43,44,45,46,47,48,49,50,51,52,53,54,55,56,57)/p+1. The van der Waals surface area contributed by atoms with Crippen molar-refractivity contribution in [3.05, 3.63) is 82.3 Å². The number of hydrogen-bond acceptors (Lipinski definition) is 12. The van der Waals surface area contributed by atoms with Gasteiger partial charge in [-0.25, -0.2) is 0 Å². The van der Waals surface area contributed by atoms with Gasteiger partial charge < -0.3 is 15.1 Å². The summed E-state index contributed by atoms with van der Waals surface area (Å²) in [5, 5.41) is 20.8. The van der Waals surface area contributed by atoms with Gasteiger partial charge in [0.2, 0.25) is 11.5 Å².